The second-order valence-electron chi connectivity index (χ2n) is 5.38. The van der Waals surface area contributed by atoms with Crippen LogP contribution in [0.4, 0.5) is 4.39 Å². The lowest BCUT2D eigenvalue weighted by atomic mass is 10.0. The molecule has 0 saturated carbocycles. The first-order valence-corrected chi connectivity index (χ1v) is 7.58. The van der Waals surface area contributed by atoms with Crippen molar-refractivity contribution in [2.75, 3.05) is 19.8 Å². The summed E-state index contributed by atoms with van der Waals surface area (Å²) in [5.41, 5.74) is -0.355. The van der Waals surface area contributed by atoms with Crippen LogP contribution in [0.15, 0.2) is 18.2 Å². The molecular weight excluding hydrogens is 293 g/mol. The predicted molar refractivity (Wildman–Crippen MR) is 79.2 cm³/mol. The number of thiophene rings is 1. The summed E-state index contributed by atoms with van der Waals surface area (Å²) in [6.45, 7) is 2.61. The van der Waals surface area contributed by atoms with E-state index in [9.17, 15) is 14.3 Å². The third kappa shape index (κ3) is 2.66. The molecular formula is C15H16FNO3S. The molecule has 1 aromatic heterocycles. The van der Waals surface area contributed by atoms with Crippen LogP contribution in [0, 0.1) is 12.7 Å². The predicted octanol–water partition coefficient (Wildman–Crippen LogP) is 2.23. The molecule has 1 aliphatic heterocycles. The molecule has 1 unspecified atom stereocenters. The standard InChI is InChI=1S/C15H16FNO3S/c1-9-12-10(16)3-2-4-11(12)21-13(9)14(18)17-7-15(19)5-6-20-8-15/h2-4,19H,5-8H2,1H3,(H,17,18). The van der Waals surface area contributed by atoms with Crippen LogP contribution in [-0.4, -0.2) is 36.4 Å². The maximum absolute atomic E-state index is 13.8. The van der Waals surface area contributed by atoms with E-state index in [1.54, 1.807) is 19.1 Å². The number of halogens is 1. The fourth-order valence-electron chi connectivity index (χ4n) is 2.53. The molecule has 6 heteroatoms. The average molecular weight is 309 g/mol. The second-order valence-corrected chi connectivity index (χ2v) is 6.43. The van der Waals surface area contributed by atoms with Crippen LogP contribution < -0.4 is 5.32 Å². The molecule has 0 aliphatic carbocycles. The van der Waals surface area contributed by atoms with Crippen LogP contribution in [0.25, 0.3) is 10.1 Å². The van der Waals surface area contributed by atoms with Gasteiger partial charge < -0.3 is 15.2 Å². The number of nitrogens with one attached hydrogen (secondary N) is 1. The minimum absolute atomic E-state index is 0.141. The molecule has 1 aliphatic rings. The number of aliphatic hydroxyl groups is 1. The third-order valence-electron chi connectivity index (χ3n) is 3.77. The maximum atomic E-state index is 13.8. The number of fused-ring (bicyclic) bond motifs is 1. The van der Waals surface area contributed by atoms with Gasteiger partial charge in [-0.15, -0.1) is 11.3 Å². The van der Waals surface area contributed by atoms with E-state index in [2.05, 4.69) is 5.32 Å². The number of aryl methyl sites for hydroxylation is 1. The number of benzene rings is 1. The van der Waals surface area contributed by atoms with Gasteiger partial charge in [-0.25, -0.2) is 4.39 Å². The third-order valence-corrected chi connectivity index (χ3v) is 5.03. The van der Waals surface area contributed by atoms with Gasteiger partial charge in [-0.3, -0.25) is 4.79 Å². The smallest absolute Gasteiger partial charge is 0.261 e. The highest BCUT2D eigenvalue weighted by Crippen LogP contribution is 2.32. The first-order chi connectivity index (χ1) is 10.0. The summed E-state index contributed by atoms with van der Waals surface area (Å²) in [5.74, 6) is -0.600. The Bertz CT molecular complexity index is 692. The summed E-state index contributed by atoms with van der Waals surface area (Å²) in [6.07, 6.45) is 0.507. The summed E-state index contributed by atoms with van der Waals surface area (Å²) in [5, 5.41) is 13.4. The number of amides is 1. The molecule has 21 heavy (non-hydrogen) atoms. The van der Waals surface area contributed by atoms with Gasteiger partial charge in [-0.2, -0.15) is 0 Å². The molecule has 1 fully saturated rings. The van der Waals surface area contributed by atoms with Gasteiger partial charge in [0.2, 0.25) is 0 Å². The van der Waals surface area contributed by atoms with Crippen molar-refractivity contribution in [2.45, 2.75) is 18.9 Å². The molecule has 2 aromatic rings. The van der Waals surface area contributed by atoms with Crippen LogP contribution in [0.3, 0.4) is 0 Å². The van der Waals surface area contributed by atoms with E-state index in [0.29, 0.717) is 28.9 Å². The Balaban J connectivity index is 1.82. The van der Waals surface area contributed by atoms with Gasteiger partial charge in [0.15, 0.2) is 0 Å². The van der Waals surface area contributed by atoms with Crippen molar-refractivity contribution in [1.82, 2.24) is 5.32 Å². The van der Waals surface area contributed by atoms with Crippen LogP contribution in [-0.2, 0) is 4.74 Å². The van der Waals surface area contributed by atoms with Crippen LogP contribution in [0.2, 0.25) is 0 Å². The summed E-state index contributed by atoms with van der Waals surface area (Å²) in [7, 11) is 0. The van der Waals surface area contributed by atoms with Gasteiger partial charge in [0.25, 0.3) is 5.91 Å². The van der Waals surface area contributed by atoms with E-state index in [0.717, 1.165) is 4.70 Å². The van der Waals surface area contributed by atoms with Crippen LogP contribution in [0.1, 0.15) is 21.7 Å². The molecule has 0 radical (unpaired) electrons. The molecule has 1 atom stereocenters. The summed E-state index contributed by atoms with van der Waals surface area (Å²) >= 11 is 1.26. The molecule has 2 heterocycles. The van der Waals surface area contributed by atoms with Crippen molar-refractivity contribution in [2.24, 2.45) is 0 Å². The first-order valence-electron chi connectivity index (χ1n) is 6.76. The topological polar surface area (TPSA) is 58.6 Å². The lowest BCUT2D eigenvalue weighted by Crippen LogP contribution is -2.43. The SMILES string of the molecule is Cc1c(C(=O)NCC2(O)CCOC2)sc2cccc(F)c12. The highest BCUT2D eigenvalue weighted by atomic mass is 32.1. The van der Waals surface area contributed by atoms with Crippen molar-refractivity contribution in [3.63, 3.8) is 0 Å². The van der Waals surface area contributed by atoms with Crippen molar-refractivity contribution in [3.05, 3.63) is 34.5 Å². The minimum Gasteiger partial charge on any atom is -0.386 e. The van der Waals surface area contributed by atoms with Gasteiger partial charge in [0.05, 0.1) is 11.5 Å². The number of hydrogen-bond donors (Lipinski definition) is 2. The highest BCUT2D eigenvalue weighted by molar-refractivity contribution is 7.21. The molecule has 3 rings (SSSR count). The van der Waals surface area contributed by atoms with E-state index in [4.69, 9.17) is 4.74 Å². The Morgan fingerprint density at radius 1 is 1.57 bits per heavy atom. The Labute approximate surface area is 125 Å². The number of hydrogen-bond acceptors (Lipinski definition) is 4. The average Bonchev–Trinajstić information content (AvgIpc) is 3.02. The van der Waals surface area contributed by atoms with E-state index >= 15 is 0 Å². The largest absolute Gasteiger partial charge is 0.386 e. The Hall–Kier alpha value is -1.50. The molecule has 112 valence electrons. The summed E-state index contributed by atoms with van der Waals surface area (Å²) in [6, 6.07) is 4.82. The molecule has 0 spiro atoms. The van der Waals surface area contributed by atoms with Gasteiger partial charge in [-0.05, 0) is 24.6 Å². The van der Waals surface area contributed by atoms with E-state index < -0.39 is 5.60 Å². The maximum Gasteiger partial charge on any atom is 0.261 e. The molecule has 0 bridgehead atoms. The fourth-order valence-corrected chi connectivity index (χ4v) is 3.67. The summed E-state index contributed by atoms with van der Waals surface area (Å²) in [4.78, 5) is 12.8. The number of carbonyl (C=O) groups excluding carboxylic acids is 1. The fraction of sp³-hybridized carbons (Fsp3) is 0.400. The van der Waals surface area contributed by atoms with Crippen molar-refractivity contribution >= 4 is 27.3 Å². The van der Waals surface area contributed by atoms with Crippen LogP contribution in [0.5, 0.6) is 0 Å². The van der Waals surface area contributed by atoms with Gasteiger partial charge in [0.1, 0.15) is 11.4 Å². The number of carbonyl (C=O) groups is 1. The quantitative estimate of drug-likeness (QED) is 0.914. The highest BCUT2D eigenvalue weighted by Gasteiger charge is 2.33. The zero-order valence-corrected chi connectivity index (χ0v) is 12.4. The lowest BCUT2D eigenvalue weighted by Gasteiger charge is -2.20. The van der Waals surface area contributed by atoms with Crippen molar-refractivity contribution in [3.8, 4) is 0 Å². The zero-order chi connectivity index (χ0) is 15.0. The van der Waals surface area contributed by atoms with Crippen LogP contribution >= 0.6 is 11.3 Å². The second kappa shape index (κ2) is 5.36. The van der Waals surface area contributed by atoms with E-state index in [1.165, 1.54) is 17.4 Å². The zero-order valence-electron chi connectivity index (χ0n) is 11.6. The molecule has 1 amide bonds. The monoisotopic (exact) mass is 309 g/mol. The normalized spacial score (nSPS) is 21.9. The molecule has 1 aromatic carbocycles. The number of rotatable bonds is 3. The summed E-state index contributed by atoms with van der Waals surface area (Å²) < 4.78 is 19.7. The van der Waals surface area contributed by atoms with Gasteiger partial charge in [0, 0.05) is 29.7 Å². The van der Waals surface area contributed by atoms with Crippen molar-refractivity contribution in [1.29, 1.82) is 0 Å². The van der Waals surface area contributed by atoms with Gasteiger partial charge in [-0.1, -0.05) is 6.07 Å². The Morgan fingerprint density at radius 3 is 3.05 bits per heavy atom. The molecule has 2 N–H and O–H groups in total. The van der Waals surface area contributed by atoms with E-state index in [1.807, 2.05) is 0 Å². The van der Waals surface area contributed by atoms with E-state index in [-0.39, 0.29) is 24.9 Å². The molecule has 1 saturated heterocycles. The lowest BCUT2D eigenvalue weighted by molar-refractivity contribution is 0.0265. The Morgan fingerprint density at radius 2 is 2.38 bits per heavy atom. The number of ether oxygens (including phenoxy) is 1. The Kier molecular flexibility index (Phi) is 3.69. The minimum atomic E-state index is -0.995. The molecule has 4 nitrogen and oxygen atoms in total. The van der Waals surface area contributed by atoms with Crippen molar-refractivity contribution < 1.29 is 19.0 Å². The first kappa shape index (κ1) is 14.4. The van der Waals surface area contributed by atoms with Gasteiger partial charge >= 0.3 is 0 Å².